The summed E-state index contributed by atoms with van der Waals surface area (Å²) >= 11 is 0. The first-order valence-electron chi connectivity index (χ1n) is 11.4. The van der Waals surface area contributed by atoms with E-state index in [1.807, 2.05) is 35.2 Å². The predicted octanol–water partition coefficient (Wildman–Crippen LogP) is 3.15. The molecule has 0 aromatic heterocycles. The van der Waals surface area contributed by atoms with Crippen LogP contribution in [0, 0.1) is 11.8 Å². The van der Waals surface area contributed by atoms with Crippen LogP contribution in [-0.2, 0) is 25.7 Å². The molecular formula is C24H32N2O4. The minimum Gasteiger partial charge on any atom is -0.459 e. The fraction of sp³-hybridized carbons (Fsp3) is 0.625. The zero-order valence-corrected chi connectivity index (χ0v) is 17.6. The first-order valence-corrected chi connectivity index (χ1v) is 11.4. The molecule has 3 atom stereocenters. The fourth-order valence-electron chi connectivity index (χ4n) is 5.17. The minimum atomic E-state index is -0.490. The molecule has 162 valence electrons. The SMILES string of the molecule is O=C(OCc1ccccc1)[C@H]1CCCN1C(=O)C1CCC[C@@H](C(=O)N2CCCC2)C1. The normalized spacial score (nSPS) is 26.6. The molecule has 0 radical (unpaired) electrons. The van der Waals surface area contributed by atoms with E-state index in [0.29, 0.717) is 19.4 Å². The second-order valence-electron chi connectivity index (χ2n) is 8.88. The lowest BCUT2D eigenvalue weighted by molar-refractivity contribution is -0.156. The van der Waals surface area contributed by atoms with Gasteiger partial charge in [-0.15, -0.1) is 0 Å². The Bertz CT molecular complexity index is 760. The van der Waals surface area contributed by atoms with Crippen LogP contribution in [0.3, 0.4) is 0 Å². The summed E-state index contributed by atoms with van der Waals surface area (Å²) in [7, 11) is 0. The molecule has 0 N–H and O–H groups in total. The Morgan fingerprint density at radius 1 is 0.833 bits per heavy atom. The van der Waals surface area contributed by atoms with Gasteiger partial charge in [0.25, 0.3) is 0 Å². The second kappa shape index (κ2) is 9.63. The number of benzene rings is 1. The number of likely N-dealkylation sites (tertiary alicyclic amines) is 2. The van der Waals surface area contributed by atoms with Crippen LogP contribution in [0.25, 0.3) is 0 Å². The van der Waals surface area contributed by atoms with Crippen molar-refractivity contribution in [3.8, 4) is 0 Å². The lowest BCUT2D eigenvalue weighted by atomic mass is 9.80. The summed E-state index contributed by atoms with van der Waals surface area (Å²) in [5.74, 6) is -0.252. The molecule has 1 aliphatic carbocycles. The third kappa shape index (κ3) is 4.68. The van der Waals surface area contributed by atoms with Crippen LogP contribution in [0.4, 0.5) is 0 Å². The maximum absolute atomic E-state index is 13.3. The zero-order chi connectivity index (χ0) is 20.9. The molecule has 6 nitrogen and oxygen atoms in total. The molecule has 1 aromatic carbocycles. The Balaban J connectivity index is 1.34. The maximum Gasteiger partial charge on any atom is 0.329 e. The van der Waals surface area contributed by atoms with Crippen LogP contribution < -0.4 is 0 Å². The van der Waals surface area contributed by atoms with Gasteiger partial charge in [-0.05, 0) is 50.5 Å². The largest absolute Gasteiger partial charge is 0.459 e. The highest BCUT2D eigenvalue weighted by Crippen LogP contribution is 2.34. The smallest absolute Gasteiger partial charge is 0.329 e. The Labute approximate surface area is 178 Å². The van der Waals surface area contributed by atoms with Gasteiger partial charge in [-0.1, -0.05) is 36.8 Å². The van der Waals surface area contributed by atoms with Crippen LogP contribution in [0.2, 0.25) is 0 Å². The molecule has 0 spiro atoms. The molecule has 0 bridgehead atoms. The summed E-state index contributed by atoms with van der Waals surface area (Å²) in [5.41, 5.74) is 0.942. The van der Waals surface area contributed by atoms with Gasteiger partial charge in [-0.25, -0.2) is 4.79 Å². The standard InChI is InChI=1S/C24H32N2O4/c27-22(25-13-4-5-14-25)19-10-6-11-20(16-19)23(28)26-15-7-12-21(26)24(29)30-17-18-8-2-1-3-9-18/h1-3,8-9,19-21H,4-7,10-17H2/t19-,20?,21-/m1/s1. The van der Waals surface area contributed by atoms with Gasteiger partial charge in [-0.3, -0.25) is 9.59 Å². The highest BCUT2D eigenvalue weighted by atomic mass is 16.5. The molecule has 1 saturated carbocycles. The number of hydrogen-bond donors (Lipinski definition) is 0. The fourth-order valence-corrected chi connectivity index (χ4v) is 5.17. The summed E-state index contributed by atoms with van der Waals surface area (Å²) < 4.78 is 5.51. The maximum atomic E-state index is 13.3. The minimum absolute atomic E-state index is 0.0353. The molecule has 3 fully saturated rings. The molecule has 1 aromatic rings. The van der Waals surface area contributed by atoms with Crippen molar-refractivity contribution in [3.05, 3.63) is 35.9 Å². The third-order valence-corrected chi connectivity index (χ3v) is 6.82. The van der Waals surface area contributed by atoms with Crippen LogP contribution in [0.15, 0.2) is 30.3 Å². The molecule has 2 aliphatic heterocycles. The number of esters is 1. The first-order chi connectivity index (χ1) is 14.6. The Morgan fingerprint density at radius 2 is 1.53 bits per heavy atom. The highest BCUT2D eigenvalue weighted by Gasteiger charge is 2.41. The topological polar surface area (TPSA) is 66.9 Å². The molecule has 30 heavy (non-hydrogen) atoms. The van der Waals surface area contributed by atoms with E-state index < -0.39 is 6.04 Å². The summed E-state index contributed by atoms with van der Waals surface area (Å²) in [6.07, 6.45) is 6.85. The number of amides is 2. The highest BCUT2D eigenvalue weighted by molar-refractivity contribution is 5.87. The van der Waals surface area contributed by atoms with Crippen molar-refractivity contribution in [3.63, 3.8) is 0 Å². The average Bonchev–Trinajstić information content (AvgIpc) is 3.50. The van der Waals surface area contributed by atoms with E-state index in [2.05, 4.69) is 0 Å². The molecule has 4 rings (SSSR count). The van der Waals surface area contributed by atoms with Gasteiger partial charge in [0.2, 0.25) is 11.8 Å². The van der Waals surface area contributed by atoms with Gasteiger partial charge in [0.1, 0.15) is 12.6 Å². The molecule has 2 heterocycles. The van der Waals surface area contributed by atoms with Crippen molar-refractivity contribution in [1.82, 2.24) is 9.80 Å². The number of carbonyl (C=O) groups is 3. The third-order valence-electron chi connectivity index (χ3n) is 6.82. The monoisotopic (exact) mass is 412 g/mol. The average molecular weight is 413 g/mol. The Hall–Kier alpha value is -2.37. The molecule has 1 unspecified atom stereocenters. The molecular weight excluding hydrogens is 380 g/mol. The predicted molar refractivity (Wildman–Crippen MR) is 112 cm³/mol. The molecule has 2 amide bonds. The molecule has 2 saturated heterocycles. The van der Waals surface area contributed by atoms with Crippen molar-refractivity contribution in [2.75, 3.05) is 19.6 Å². The van der Waals surface area contributed by atoms with Gasteiger partial charge in [0.15, 0.2) is 0 Å². The van der Waals surface area contributed by atoms with Crippen LogP contribution in [0.1, 0.15) is 56.9 Å². The number of nitrogens with zero attached hydrogens (tertiary/aromatic N) is 2. The summed E-state index contributed by atoms with van der Waals surface area (Å²) in [6, 6.07) is 9.11. The Kier molecular flexibility index (Phi) is 6.70. The van der Waals surface area contributed by atoms with E-state index in [1.165, 1.54) is 0 Å². The lowest BCUT2D eigenvalue weighted by Gasteiger charge is -2.33. The van der Waals surface area contributed by atoms with Gasteiger partial charge in [-0.2, -0.15) is 0 Å². The van der Waals surface area contributed by atoms with E-state index >= 15 is 0 Å². The summed E-state index contributed by atoms with van der Waals surface area (Å²) in [5, 5.41) is 0. The number of carbonyl (C=O) groups excluding carboxylic acids is 3. The van der Waals surface area contributed by atoms with E-state index in [1.54, 1.807) is 4.90 Å². The quantitative estimate of drug-likeness (QED) is 0.697. The number of rotatable bonds is 5. The van der Waals surface area contributed by atoms with Gasteiger partial charge in [0, 0.05) is 31.5 Å². The first kappa shape index (κ1) is 20.9. The molecule has 6 heteroatoms. The van der Waals surface area contributed by atoms with E-state index in [-0.39, 0.29) is 36.2 Å². The zero-order valence-electron chi connectivity index (χ0n) is 17.6. The number of hydrogen-bond acceptors (Lipinski definition) is 4. The lowest BCUT2D eigenvalue weighted by Crippen LogP contribution is -2.46. The van der Waals surface area contributed by atoms with Crippen molar-refractivity contribution in [2.24, 2.45) is 11.8 Å². The van der Waals surface area contributed by atoms with Crippen molar-refractivity contribution in [1.29, 1.82) is 0 Å². The van der Waals surface area contributed by atoms with Gasteiger partial charge < -0.3 is 14.5 Å². The van der Waals surface area contributed by atoms with Crippen molar-refractivity contribution >= 4 is 17.8 Å². The molecule has 3 aliphatic rings. The van der Waals surface area contributed by atoms with E-state index in [0.717, 1.165) is 57.2 Å². The van der Waals surface area contributed by atoms with Gasteiger partial charge >= 0.3 is 5.97 Å². The van der Waals surface area contributed by atoms with Crippen LogP contribution in [-0.4, -0.2) is 53.3 Å². The van der Waals surface area contributed by atoms with E-state index in [9.17, 15) is 14.4 Å². The Morgan fingerprint density at radius 3 is 2.27 bits per heavy atom. The van der Waals surface area contributed by atoms with Crippen LogP contribution >= 0.6 is 0 Å². The van der Waals surface area contributed by atoms with Crippen molar-refractivity contribution in [2.45, 2.75) is 64.0 Å². The second-order valence-corrected chi connectivity index (χ2v) is 8.88. The van der Waals surface area contributed by atoms with E-state index in [4.69, 9.17) is 4.74 Å². The number of ether oxygens (including phenoxy) is 1. The van der Waals surface area contributed by atoms with Gasteiger partial charge in [0.05, 0.1) is 0 Å². The van der Waals surface area contributed by atoms with Crippen molar-refractivity contribution < 1.29 is 19.1 Å². The summed E-state index contributed by atoms with van der Waals surface area (Å²) in [4.78, 5) is 42.5. The van der Waals surface area contributed by atoms with Crippen LogP contribution in [0.5, 0.6) is 0 Å². The summed E-state index contributed by atoms with van der Waals surface area (Å²) in [6.45, 7) is 2.55.